The number of H-pyrrole nitrogens is 1. The Balaban J connectivity index is 1.39. The second-order valence-electron chi connectivity index (χ2n) is 6.90. The van der Waals surface area contributed by atoms with E-state index in [0.29, 0.717) is 23.8 Å². The average molecular weight is 414 g/mol. The molecular formula is C23H22N6O2. The zero-order valence-corrected chi connectivity index (χ0v) is 16.7. The van der Waals surface area contributed by atoms with Crippen molar-refractivity contribution in [2.45, 2.75) is 12.6 Å². The van der Waals surface area contributed by atoms with Crippen LogP contribution in [0.15, 0.2) is 79.1 Å². The summed E-state index contributed by atoms with van der Waals surface area (Å²) < 4.78 is 0. The van der Waals surface area contributed by atoms with E-state index in [1.54, 1.807) is 30.6 Å². The average Bonchev–Trinajstić information content (AvgIpc) is 3.31. The molecule has 2 aromatic heterocycles. The summed E-state index contributed by atoms with van der Waals surface area (Å²) >= 11 is 0. The topological polar surface area (TPSA) is 116 Å². The highest BCUT2D eigenvalue weighted by molar-refractivity contribution is 5.95. The molecule has 2 aromatic carbocycles. The number of hydrogen-bond acceptors (Lipinski definition) is 6. The van der Waals surface area contributed by atoms with Gasteiger partial charge in [0.1, 0.15) is 5.82 Å². The molecule has 0 radical (unpaired) electrons. The number of anilines is 1. The molecule has 0 aliphatic heterocycles. The van der Waals surface area contributed by atoms with Crippen LogP contribution in [0.1, 0.15) is 27.8 Å². The zero-order valence-electron chi connectivity index (χ0n) is 16.7. The number of carbonyl (C=O) groups is 1. The molecule has 4 N–H and O–H groups in total. The molecule has 8 nitrogen and oxygen atoms in total. The number of benzene rings is 2. The highest BCUT2D eigenvalue weighted by Gasteiger charge is 2.15. The lowest BCUT2D eigenvalue weighted by Crippen LogP contribution is -2.30. The molecule has 0 fully saturated rings. The Morgan fingerprint density at radius 2 is 1.84 bits per heavy atom. The number of aromatic nitrogens is 4. The SMILES string of the molecule is O=C(N[C@@H](CO)c1ccccc1)c1cccc(NCc2nc(-c3ccncc3)n[nH]2)c1. The molecule has 1 atom stereocenters. The number of aromatic amines is 1. The Labute approximate surface area is 179 Å². The maximum Gasteiger partial charge on any atom is 0.251 e. The molecule has 4 aromatic rings. The second kappa shape index (κ2) is 9.64. The first-order valence-corrected chi connectivity index (χ1v) is 9.85. The summed E-state index contributed by atoms with van der Waals surface area (Å²) in [6.07, 6.45) is 3.39. The minimum atomic E-state index is -0.467. The lowest BCUT2D eigenvalue weighted by Gasteiger charge is -2.17. The van der Waals surface area contributed by atoms with E-state index >= 15 is 0 Å². The molecule has 0 aliphatic rings. The summed E-state index contributed by atoms with van der Waals surface area (Å²) in [5.74, 6) is 1.01. The van der Waals surface area contributed by atoms with Gasteiger partial charge < -0.3 is 15.7 Å². The van der Waals surface area contributed by atoms with E-state index in [1.807, 2.05) is 48.5 Å². The van der Waals surface area contributed by atoms with Crippen LogP contribution in [0.4, 0.5) is 5.69 Å². The van der Waals surface area contributed by atoms with Crippen molar-refractivity contribution in [1.29, 1.82) is 0 Å². The first kappa shape index (κ1) is 20.2. The van der Waals surface area contributed by atoms with Crippen LogP contribution in [0, 0.1) is 0 Å². The molecule has 0 unspecified atom stereocenters. The van der Waals surface area contributed by atoms with Crippen LogP contribution in [-0.2, 0) is 6.54 Å². The van der Waals surface area contributed by atoms with E-state index in [-0.39, 0.29) is 12.5 Å². The lowest BCUT2D eigenvalue weighted by molar-refractivity contribution is 0.0916. The fraction of sp³-hybridized carbons (Fsp3) is 0.130. The normalized spacial score (nSPS) is 11.6. The summed E-state index contributed by atoms with van der Waals surface area (Å²) in [6, 6.07) is 19.8. The van der Waals surface area contributed by atoms with Crippen LogP contribution < -0.4 is 10.6 Å². The third-order valence-corrected chi connectivity index (χ3v) is 4.74. The van der Waals surface area contributed by atoms with Gasteiger partial charge >= 0.3 is 0 Å². The van der Waals surface area contributed by atoms with Crippen LogP contribution >= 0.6 is 0 Å². The number of aliphatic hydroxyl groups is 1. The number of hydrogen-bond donors (Lipinski definition) is 4. The summed E-state index contributed by atoms with van der Waals surface area (Å²) in [6.45, 7) is 0.242. The van der Waals surface area contributed by atoms with Crippen molar-refractivity contribution in [3.05, 3.63) is 96.1 Å². The lowest BCUT2D eigenvalue weighted by atomic mass is 10.1. The van der Waals surface area contributed by atoms with E-state index in [2.05, 4.69) is 30.8 Å². The molecule has 156 valence electrons. The zero-order chi connectivity index (χ0) is 21.5. The fourth-order valence-electron chi connectivity index (χ4n) is 3.12. The van der Waals surface area contributed by atoms with Crippen LogP contribution in [-0.4, -0.2) is 37.8 Å². The van der Waals surface area contributed by atoms with E-state index in [0.717, 1.165) is 16.8 Å². The first-order valence-electron chi connectivity index (χ1n) is 9.85. The predicted octanol–water partition coefficient (Wildman–Crippen LogP) is 2.94. The van der Waals surface area contributed by atoms with E-state index < -0.39 is 6.04 Å². The minimum absolute atomic E-state index is 0.182. The molecular weight excluding hydrogens is 392 g/mol. The van der Waals surface area contributed by atoms with Gasteiger partial charge in [-0.15, -0.1) is 0 Å². The Morgan fingerprint density at radius 1 is 1.03 bits per heavy atom. The van der Waals surface area contributed by atoms with Gasteiger partial charge in [0.15, 0.2) is 5.82 Å². The van der Waals surface area contributed by atoms with Crippen LogP contribution in [0.2, 0.25) is 0 Å². The quantitative estimate of drug-likeness (QED) is 0.352. The van der Waals surface area contributed by atoms with Gasteiger partial charge in [0, 0.05) is 29.2 Å². The highest BCUT2D eigenvalue weighted by Crippen LogP contribution is 2.16. The summed E-state index contributed by atoms with van der Waals surface area (Å²) in [7, 11) is 0. The number of pyridine rings is 1. The maximum absolute atomic E-state index is 12.7. The van der Waals surface area contributed by atoms with Crippen molar-refractivity contribution >= 4 is 11.6 Å². The number of rotatable bonds is 8. The Bertz CT molecular complexity index is 1130. The number of aliphatic hydroxyl groups excluding tert-OH is 1. The fourth-order valence-corrected chi connectivity index (χ4v) is 3.12. The molecule has 0 saturated heterocycles. The van der Waals surface area contributed by atoms with Gasteiger partial charge in [-0.05, 0) is 35.9 Å². The van der Waals surface area contributed by atoms with Gasteiger partial charge in [0.25, 0.3) is 5.91 Å². The van der Waals surface area contributed by atoms with Crippen molar-refractivity contribution in [3.63, 3.8) is 0 Å². The van der Waals surface area contributed by atoms with Gasteiger partial charge in [0.05, 0.1) is 19.2 Å². The van der Waals surface area contributed by atoms with Crippen molar-refractivity contribution < 1.29 is 9.90 Å². The molecule has 1 amide bonds. The standard InChI is InChI=1S/C23H22N6O2/c30-15-20(16-5-2-1-3-6-16)26-23(31)18-7-4-8-19(13-18)25-14-21-27-22(29-28-21)17-9-11-24-12-10-17/h1-13,20,25,30H,14-15H2,(H,26,31)(H,27,28,29)/t20-/m0/s1. The summed E-state index contributed by atoms with van der Waals surface area (Å²) in [4.78, 5) is 21.2. The molecule has 0 saturated carbocycles. The van der Waals surface area contributed by atoms with Crippen molar-refractivity contribution in [2.75, 3.05) is 11.9 Å². The third kappa shape index (κ3) is 5.12. The number of amides is 1. The Hall–Kier alpha value is -4.04. The van der Waals surface area contributed by atoms with Crippen molar-refractivity contribution in [1.82, 2.24) is 25.5 Å². The highest BCUT2D eigenvalue weighted by atomic mass is 16.3. The van der Waals surface area contributed by atoms with Gasteiger partial charge in [-0.25, -0.2) is 4.98 Å². The van der Waals surface area contributed by atoms with Crippen molar-refractivity contribution in [3.8, 4) is 11.4 Å². The first-order chi connectivity index (χ1) is 15.2. The van der Waals surface area contributed by atoms with E-state index in [1.165, 1.54) is 0 Å². The maximum atomic E-state index is 12.7. The smallest absolute Gasteiger partial charge is 0.251 e. The molecule has 31 heavy (non-hydrogen) atoms. The third-order valence-electron chi connectivity index (χ3n) is 4.74. The predicted molar refractivity (Wildman–Crippen MR) is 117 cm³/mol. The van der Waals surface area contributed by atoms with Gasteiger partial charge in [0.2, 0.25) is 0 Å². The van der Waals surface area contributed by atoms with Crippen LogP contribution in [0.3, 0.4) is 0 Å². The number of nitrogens with one attached hydrogen (secondary N) is 3. The van der Waals surface area contributed by atoms with Gasteiger partial charge in [-0.3, -0.25) is 14.9 Å². The summed E-state index contributed by atoms with van der Waals surface area (Å²) in [5.41, 5.74) is 3.00. The minimum Gasteiger partial charge on any atom is -0.394 e. The molecule has 0 spiro atoms. The molecule has 0 aliphatic carbocycles. The largest absolute Gasteiger partial charge is 0.394 e. The Morgan fingerprint density at radius 3 is 2.61 bits per heavy atom. The molecule has 2 heterocycles. The van der Waals surface area contributed by atoms with Crippen LogP contribution in [0.5, 0.6) is 0 Å². The Kier molecular flexibility index (Phi) is 6.29. The van der Waals surface area contributed by atoms with Gasteiger partial charge in [-0.1, -0.05) is 36.4 Å². The van der Waals surface area contributed by atoms with Gasteiger partial charge in [-0.2, -0.15) is 5.10 Å². The molecule has 4 rings (SSSR count). The van der Waals surface area contributed by atoms with Crippen molar-refractivity contribution in [2.24, 2.45) is 0 Å². The second-order valence-corrected chi connectivity index (χ2v) is 6.90. The monoisotopic (exact) mass is 414 g/mol. The molecule has 0 bridgehead atoms. The number of carbonyl (C=O) groups excluding carboxylic acids is 1. The number of nitrogens with zero attached hydrogens (tertiary/aromatic N) is 3. The summed E-state index contributed by atoms with van der Waals surface area (Å²) in [5, 5.41) is 22.9. The van der Waals surface area contributed by atoms with E-state index in [9.17, 15) is 9.90 Å². The van der Waals surface area contributed by atoms with Crippen LogP contribution in [0.25, 0.3) is 11.4 Å². The molecule has 8 heteroatoms. The van der Waals surface area contributed by atoms with E-state index in [4.69, 9.17) is 0 Å².